The zero-order chi connectivity index (χ0) is 24.3. The van der Waals surface area contributed by atoms with E-state index in [-0.39, 0.29) is 4.90 Å². The molecule has 2 aromatic carbocycles. The number of rotatable bonds is 8. The molecule has 0 saturated heterocycles. The van der Waals surface area contributed by atoms with Gasteiger partial charge in [0.2, 0.25) is 5.95 Å². The zero-order valence-electron chi connectivity index (χ0n) is 19.4. The molecule has 9 heteroatoms. The van der Waals surface area contributed by atoms with Gasteiger partial charge in [0.15, 0.2) is 9.84 Å². The Morgan fingerprint density at radius 2 is 1.89 bits per heavy atom. The van der Waals surface area contributed by atoms with Crippen LogP contribution in [0.1, 0.15) is 31.2 Å². The Balaban J connectivity index is 1.42. The fourth-order valence-electron chi connectivity index (χ4n) is 4.22. The number of methoxy groups -OCH3 is 1. The molecule has 0 spiro atoms. The lowest BCUT2D eigenvalue weighted by Gasteiger charge is -2.16. The summed E-state index contributed by atoms with van der Waals surface area (Å²) in [7, 11) is -2.10. The lowest BCUT2D eigenvalue weighted by Crippen LogP contribution is -2.17. The molecule has 5 rings (SSSR count). The summed E-state index contributed by atoms with van der Waals surface area (Å²) < 4.78 is 30.8. The topological polar surface area (TPSA) is 109 Å². The number of aromatic nitrogens is 3. The maximum atomic E-state index is 12.9. The number of anilines is 3. The quantitative estimate of drug-likeness (QED) is 0.299. The summed E-state index contributed by atoms with van der Waals surface area (Å²) in [5.74, 6) is 1.65. The van der Waals surface area contributed by atoms with Gasteiger partial charge in [0.05, 0.1) is 12.0 Å². The summed E-state index contributed by atoms with van der Waals surface area (Å²) in [5, 5.41) is 9.03. The minimum atomic E-state index is -3.64. The third-order valence-corrected chi connectivity index (χ3v) is 7.56. The van der Waals surface area contributed by atoms with Crippen LogP contribution in [0.15, 0.2) is 71.2 Å². The number of sulfone groups is 1. The summed E-state index contributed by atoms with van der Waals surface area (Å²) in [6.07, 6.45) is 9.54. The molecule has 1 saturated carbocycles. The lowest BCUT2D eigenvalue weighted by molar-refractivity contribution is 0.414. The molecule has 1 aliphatic rings. The van der Waals surface area contributed by atoms with E-state index >= 15 is 0 Å². The highest BCUT2D eigenvalue weighted by Gasteiger charge is 2.18. The van der Waals surface area contributed by atoms with Crippen molar-refractivity contribution in [1.82, 2.24) is 15.0 Å². The first-order chi connectivity index (χ1) is 17.0. The van der Waals surface area contributed by atoms with Crippen molar-refractivity contribution in [2.75, 3.05) is 17.7 Å². The van der Waals surface area contributed by atoms with E-state index in [0.29, 0.717) is 29.1 Å². The predicted molar refractivity (Wildman–Crippen MR) is 139 cm³/mol. The maximum Gasteiger partial charge on any atom is 0.229 e. The predicted octanol–water partition coefficient (Wildman–Crippen LogP) is 5.51. The Morgan fingerprint density at radius 1 is 1.09 bits per heavy atom. The number of fused-ring (bicyclic) bond motifs is 1. The van der Waals surface area contributed by atoms with E-state index in [4.69, 9.17) is 9.72 Å². The van der Waals surface area contributed by atoms with E-state index in [1.165, 1.54) is 30.4 Å². The summed E-state index contributed by atoms with van der Waals surface area (Å²) in [4.78, 5) is 12.5. The van der Waals surface area contributed by atoms with E-state index < -0.39 is 9.84 Å². The molecule has 35 heavy (non-hydrogen) atoms. The average Bonchev–Trinajstić information content (AvgIpc) is 3.55. The summed E-state index contributed by atoms with van der Waals surface area (Å²) in [6.45, 7) is 0. The molecule has 4 aromatic rings. The van der Waals surface area contributed by atoms with Crippen molar-refractivity contribution >= 4 is 44.3 Å². The highest BCUT2D eigenvalue weighted by molar-refractivity contribution is 7.94. The largest absolute Gasteiger partial charge is 0.497 e. The molecule has 8 nitrogen and oxygen atoms in total. The van der Waals surface area contributed by atoms with E-state index in [0.717, 1.165) is 29.4 Å². The van der Waals surface area contributed by atoms with Gasteiger partial charge in [-0.3, -0.25) is 0 Å². The van der Waals surface area contributed by atoms with Crippen molar-refractivity contribution in [1.29, 1.82) is 0 Å². The molecule has 0 atom stereocenters. The first kappa shape index (κ1) is 22.9. The second-order valence-corrected chi connectivity index (χ2v) is 10.4. The van der Waals surface area contributed by atoms with E-state index in [1.54, 1.807) is 31.5 Å². The van der Waals surface area contributed by atoms with E-state index in [2.05, 4.69) is 20.6 Å². The Bertz CT molecular complexity index is 1460. The van der Waals surface area contributed by atoms with Crippen LogP contribution in [-0.4, -0.2) is 36.5 Å². The number of nitrogens with one attached hydrogen (secondary N) is 3. The average molecular weight is 490 g/mol. The van der Waals surface area contributed by atoms with E-state index in [1.807, 2.05) is 30.5 Å². The number of hydrogen-bond donors (Lipinski definition) is 3. The molecule has 0 amide bonds. The van der Waals surface area contributed by atoms with Gasteiger partial charge in [0.25, 0.3) is 0 Å². The molecule has 3 N–H and O–H groups in total. The molecule has 1 fully saturated rings. The second-order valence-electron chi connectivity index (χ2n) is 8.55. The van der Waals surface area contributed by atoms with Crippen LogP contribution in [0, 0.1) is 0 Å². The minimum Gasteiger partial charge on any atom is -0.497 e. The maximum absolute atomic E-state index is 12.9. The van der Waals surface area contributed by atoms with Crippen molar-refractivity contribution in [3.63, 3.8) is 0 Å². The fourth-order valence-corrected chi connectivity index (χ4v) is 5.22. The smallest absolute Gasteiger partial charge is 0.229 e. The molecule has 2 aromatic heterocycles. The first-order valence-corrected chi connectivity index (χ1v) is 13.1. The SMILES string of the molecule is COc1ccc(S(=O)(=O)/C=C/c2cnc(Nc3ccc4[nH]ccc4c3)nc2NC2CCCC2)cc1. The van der Waals surface area contributed by atoms with Crippen molar-refractivity contribution in [2.24, 2.45) is 0 Å². The summed E-state index contributed by atoms with van der Waals surface area (Å²) in [6, 6.07) is 14.6. The molecule has 0 aliphatic heterocycles. The molecule has 180 valence electrons. The molecule has 0 radical (unpaired) electrons. The number of H-pyrrole nitrogens is 1. The second kappa shape index (κ2) is 9.79. The van der Waals surface area contributed by atoms with Gasteiger partial charge >= 0.3 is 0 Å². The van der Waals surface area contributed by atoms with Gasteiger partial charge in [-0.25, -0.2) is 13.4 Å². The molecule has 0 unspecified atom stereocenters. The zero-order valence-corrected chi connectivity index (χ0v) is 20.2. The summed E-state index contributed by atoms with van der Waals surface area (Å²) >= 11 is 0. The molecule has 1 aliphatic carbocycles. The molecular weight excluding hydrogens is 462 g/mol. The van der Waals surface area contributed by atoms with Crippen LogP contribution in [0.2, 0.25) is 0 Å². The number of benzene rings is 2. The normalized spacial score (nSPS) is 14.5. The van der Waals surface area contributed by atoms with Gasteiger partial charge in [-0.05, 0) is 67.4 Å². The van der Waals surface area contributed by atoms with Gasteiger partial charge in [0.1, 0.15) is 11.6 Å². The lowest BCUT2D eigenvalue weighted by atomic mass is 10.2. The van der Waals surface area contributed by atoms with Crippen LogP contribution in [0.3, 0.4) is 0 Å². The van der Waals surface area contributed by atoms with Gasteiger partial charge in [-0.2, -0.15) is 4.98 Å². The Morgan fingerprint density at radius 3 is 2.66 bits per heavy atom. The number of nitrogens with zero attached hydrogens (tertiary/aromatic N) is 2. The van der Waals surface area contributed by atoms with Gasteiger partial charge < -0.3 is 20.4 Å². The van der Waals surface area contributed by atoms with Crippen LogP contribution >= 0.6 is 0 Å². The van der Waals surface area contributed by atoms with Crippen molar-refractivity contribution in [2.45, 2.75) is 36.6 Å². The minimum absolute atomic E-state index is 0.194. The van der Waals surface area contributed by atoms with Gasteiger partial charge in [0, 0.05) is 46.0 Å². The number of ether oxygens (including phenoxy) is 1. The highest BCUT2D eigenvalue weighted by atomic mass is 32.2. The molecule has 2 heterocycles. The molecular formula is C26H27N5O3S. The van der Waals surface area contributed by atoms with Crippen LogP contribution < -0.4 is 15.4 Å². The van der Waals surface area contributed by atoms with Crippen LogP contribution in [-0.2, 0) is 9.84 Å². The third kappa shape index (κ3) is 5.30. The standard InChI is InChI=1S/C26H27N5O3S/c1-34-22-7-9-23(10-8-22)35(32,33)15-13-19-17-28-26(31-25(19)29-20-4-2-3-5-20)30-21-6-11-24-18(16-21)12-14-27-24/h6-17,20,27H,2-5H2,1H3,(H2,28,29,30,31)/b15-13+. The number of aromatic amines is 1. The Hall–Kier alpha value is -3.85. The Labute approximate surface area is 204 Å². The van der Waals surface area contributed by atoms with E-state index in [9.17, 15) is 8.42 Å². The summed E-state index contributed by atoms with van der Waals surface area (Å²) in [5.41, 5.74) is 2.54. The molecule has 0 bridgehead atoms. The highest BCUT2D eigenvalue weighted by Crippen LogP contribution is 2.27. The monoisotopic (exact) mass is 489 g/mol. The van der Waals surface area contributed by atoms with Crippen molar-refractivity contribution < 1.29 is 13.2 Å². The van der Waals surface area contributed by atoms with Gasteiger partial charge in [-0.1, -0.05) is 12.8 Å². The van der Waals surface area contributed by atoms with Crippen LogP contribution in [0.5, 0.6) is 5.75 Å². The first-order valence-electron chi connectivity index (χ1n) is 11.6. The van der Waals surface area contributed by atoms with Crippen LogP contribution in [0.4, 0.5) is 17.5 Å². The Kier molecular flexibility index (Phi) is 6.41. The fraction of sp³-hybridized carbons (Fsp3) is 0.231. The van der Waals surface area contributed by atoms with Crippen molar-refractivity contribution in [3.8, 4) is 5.75 Å². The van der Waals surface area contributed by atoms with Crippen LogP contribution in [0.25, 0.3) is 17.0 Å². The number of hydrogen-bond acceptors (Lipinski definition) is 7. The third-order valence-electron chi connectivity index (χ3n) is 6.14. The van der Waals surface area contributed by atoms with Gasteiger partial charge in [-0.15, -0.1) is 0 Å². The van der Waals surface area contributed by atoms with Crippen molar-refractivity contribution in [3.05, 3.63) is 71.9 Å².